The van der Waals surface area contributed by atoms with E-state index in [1.165, 1.54) is 23.2 Å². The number of carbonyl (C=O) groups excluding carboxylic acids is 7. The van der Waals surface area contributed by atoms with Crippen LogP contribution >= 0.6 is 11.3 Å². The molecule has 4 aliphatic carbocycles. The van der Waals surface area contributed by atoms with E-state index in [2.05, 4.69) is 45.4 Å². The van der Waals surface area contributed by atoms with E-state index in [9.17, 15) is 73.8 Å². The van der Waals surface area contributed by atoms with E-state index >= 15 is 0 Å². The van der Waals surface area contributed by atoms with Crippen molar-refractivity contribution in [1.82, 2.24) is 35.7 Å². The minimum atomic E-state index is -1.71. The summed E-state index contributed by atoms with van der Waals surface area (Å²) < 4.78 is 19.7. The van der Waals surface area contributed by atoms with Gasteiger partial charge >= 0.3 is 18.0 Å². The van der Waals surface area contributed by atoms with Gasteiger partial charge in [-0.1, -0.05) is 69.4 Å². The molecule has 4 bridgehead atoms. The predicted octanol–water partition coefficient (Wildman–Crippen LogP) is 6.10. The maximum Gasteiger partial charge on any atom is 0.410 e. The van der Waals surface area contributed by atoms with E-state index in [0.717, 1.165) is 76.7 Å². The Bertz CT molecular complexity index is 4240. The summed E-state index contributed by atoms with van der Waals surface area (Å²) in [5.74, 6) is -6.64. The van der Waals surface area contributed by atoms with Crippen LogP contribution in [0.5, 0.6) is 0 Å². The Morgan fingerprint density at radius 3 is 2.27 bits per heavy atom. The fraction of sp³-hybridized carbons (Fsp3) is 0.500. The lowest BCUT2D eigenvalue weighted by Gasteiger charge is -2.69. The Morgan fingerprint density at radius 2 is 1.58 bits per heavy atom. The number of carbonyl (C=O) groups is 9. The van der Waals surface area contributed by atoms with E-state index in [0.29, 0.717) is 71.4 Å². The summed E-state index contributed by atoms with van der Waals surface area (Å²) in [4.78, 5) is 131. The molecule has 12 N–H and O–H groups in total. The summed E-state index contributed by atoms with van der Waals surface area (Å²) >= 11 is 1.39. The van der Waals surface area contributed by atoms with Crippen molar-refractivity contribution in [3.8, 4) is 0 Å². The Morgan fingerprint density at radius 1 is 0.849 bits per heavy atom. The third kappa shape index (κ3) is 17.8. The number of carboxylic acid groups (broad SMARTS) is 2. The standard InChI is InChI=1S/C76H93N11O18S/c1-42(2)62(83-59(91)32-87-60(92)20-21-61(87)93)68(97)79-44(4)66(95)80-48-16-14-47(46(28-48)15-17-50-29-56(90)64(94)65(105-50)70(100)101)34-103-72(102)85(25-23-49(89)33-88)26-27-104-76-38-73(5)35-74(6,39-76)37-75(36-73,40-76)41-78-43(3)53(30-77)51-18-19-58(82-63(51)69(98)99)86-24-22-45-10-9-11-52(54(45)31-86)67(96)84-71-81-55-12-7-8-13-57(55)106-71/h7-14,16,18-21,28,30,42,44,49-50,56,62,64-65,77-78,88-90,94H,15,17,22-27,29,31-41H2,1-6H3,(H,79,97)(H,80,95)(H,83,91)(H,98,99)(H,100,101)(H,81,84,96)/b53-43+,77-30?/t44-,49-,50-,56+,62-,64-,65-,73?,74?,75?,76?/m0/s1. The fourth-order valence-corrected chi connectivity index (χ4v) is 18.1. The number of fused-ring (bicyclic) bond motifs is 2. The molecule has 0 spiro atoms. The summed E-state index contributed by atoms with van der Waals surface area (Å²) in [5.41, 5.74) is 4.10. The normalized spacial score (nSPS) is 24.7. The van der Waals surface area contributed by atoms with Gasteiger partial charge in [0.2, 0.25) is 17.7 Å². The molecule has 2 aromatic heterocycles. The maximum absolute atomic E-state index is 14.4. The number of allylic oxidation sites excluding steroid dienone is 2. The second-order valence-electron chi connectivity index (χ2n) is 30.3. The van der Waals surface area contributed by atoms with Crippen LogP contribution in [0.4, 0.5) is 21.4 Å². The number of aryl methyl sites for hydroxylation is 1. The van der Waals surface area contributed by atoms with Crippen LogP contribution in [0.15, 0.2) is 90.6 Å². The van der Waals surface area contributed by atoms with Gasteiger partial charge in [-0.2, -0.15) is 0 Å². The van der Waals surface area contributed by atoms with Gasteiger partial charge in [0.05, 0.1) is 47.3 Å². The Labute approximate surface area is 616 Å². The molecule has 4 saturated carbocycles. The van der Waals surface area contributed by atoms with Crippen LogP contribution < -0.4 is 31.5 Å². The molecular weight excluding hydrogens is 1390 g/mol. The topological polar surface area (TPSA) is 422 Å². The number of hydrogen-bond acceptors (Lipinski definition) is 22. The first-order chi connectivity index (χ1) is 50.4. The number of aliphatic hydroxyl groups is 4. The van der Waals surface area contributed by atoms with Crippen LogP contribution in [-0.2, 0) is 69.0 Å². The summed E-state index contributed by atoms with van der Waals surface area (Å²) in [6.45, 7) is 11.0. The molecule has 106 heavy (non-hydrogen) atoms. The van der Waals surface area contributed by atoms with Crippen molar-refractivity contribution in [3.05, 3.63) is 130 Å². The number of para-hydroxylation sites is 1. The number of aliphatic carboxylic acids is 1. The number of aromatic carboxylic acids is 1. The molecule has 29 nitrogen and oxygen atoms in total. The molecule has 3 aliphatic heterocycles. The van der Waals surface area contributed by atoms with Crippen molar-refractivity contribution in [2.45, 2.75) is 174 Å². The molecule has 2 unspecified atom stereocenters. The summed E-state index contributed by atoms with van der Waals surface area (Å²) in [7, 11) is 0. The number of pyridine rings is 1. The van der Waals surface area contributed by atoms with Crippen LogP contribution in [0.25, 0.3) is 15.8 Å². The molecule has 1 saturated heterocycles. The highest BCUT2D eigenvalue weighted by Gasteiger charge is 2.66. The van der Waals surface area contributed by atoms with Crippen LogP contribution in [-0.4, -0.2) is 204 Å². The average molecular weight is 1480 g/mol. The highest BCUT2D eigenvalue weighted by Crippen LogP contribution is 2.71. The third-order valence-corrected chi connectivity index (χ3v) is 22.2. The molecule has 5 heterocycles. The number of aliphatic hydroxyl groups excluding tert-OH is 4. The molecule has 5 fully saturated rings. The maximum atomic E-state index is 14.4. The van der Waals surface area contributed by atoms with Crippen LogP contribution in [0.2, 0.25) is 0 Å². The van der Waals surface area contributed by atoms with Gasteiger partial charge in [-0.15, -0.1) is 0 Å². The predicted molar refractivity (Wildman–Crippen MR) is 390 cm³/mol. The number of nitrogens with zero attached hydrogens (tertiary/aromatic N) is 5. The summed E-state index contributed by atoms with van der Waals surface area (Å²) in [6, 6.07) is 19.1. The quantitative estimate of drug-likeness (QED) is 0.0176. The second kappa shape index (κ2) is 32.3. The van der Waals surface area contributed by atoms with E-state index < -0.39 is 115 Å². The lowest BCUT2D eigenvalue weighted by Crippen LogP contribution is -2.65. The van der Waals surface area contributed by atoms with Gasteiger partial charge in [0.15, 0.2) is 16.9 Å². The van der Waals surface area contributed by atoms with Gasteiger partial charge < -0.3 is 81.3 Å². The summed E-state index contributed by atoms with van der Waals surface area (Å²) in [6.07, 6.45) is 1.23. The Balaban J connectivity index is 0.748. The highest BCUT2D eigenvalue weighted by atomic mass is 32.1. The average Bonchev–Trinajstić information content (AvgIpc) is 0.749. The number of amides is 7. The monoisotopic (exact) mass is 1480 g/mol. The van der Waals surface area contributed by atoms with E-state index in [4.69, 9.17) is 24.6 Å². The molecule has 30 heteroatoms. The number of carboxylic acids is 2. The van der Waals surface area contributed by atoms with E-state index in [1.807, 2.05) is 48.2 Å². The highest BCUT2D eigenvalue weighted by molar-refractivity contribution is 7.22. The van der Waals surface area contributed by atoms with Gasteiger partial charge in [-0.25, -0.2) is 24.4 Å². The number of imide groups is 1. The SMILES string of the molecule is C/C(NCC12CC3(C)CC(C)(C1)CC(OCCN(CC[C@H](O)CO)C(=O)OCc1ccc(NC(=O)[C@H](C)NC(=O)[C@@H](NC(=O)CN4C(=O)C=CC4=O)C(C)C)cc1CC[C@H]1C[C@@H](O)[C@H](O)[C@@H](C(=O)O)O1)(C3)C2)=C(/C=N)c1ccc(N2CCc3cccc(C(=O)Nc4nc5ccccc5s4)c3C2)nc1C(=O)O. The van der Waals surface area contributed by atoms with Crippen molar-refractivity contribution >= 4 is 103 Å². The van der Waals surface area contributed by atoms with Crippen LogP contribution in [0.3, 0.4) is 0 Å². The van der Waals surface area contributed by atoms with Crippen molar-refractivity contribution in [2.24, 2.45) is 22.2 Å². The van der Waals surface area contributed by atoms with E-state index in [-0.39, 0.29) is 91.1 Å². The molecule has 7 amide bonds. The fourth-order valence-electron chi connectivity index (χ4n) is 17.2. The van der Waals surface area contributed by atoms with Gasteiger partial charge in [-0.3, -0.25) is 39.0 Å². The van der Waals surface area contributed by atoms with Gasteiger partial charge in [0.1, 0.15) is 37.2 Å². The first kappa shape index (κ1) is 77.5. The number of benzene rings is 3. The smallest absolute Gasteiger partial charge is 0.410 e. The molecule has 566 valence electrons. The lowest BCUT2D eigenvalue weighted by atomic mass is 9.39. The summed E-state index contributed by atoms with van der Waals surface area (Å²) in [5, 5.41) is 85.7. The first-order valence-corrected chi connectivity index (χ1v) is 36.6. The lowest BCUT2D eigenvalue weighted by molar-refractivity contribution is -0.243. The first-order valence-electron chi connectivity index (χ1n) is 35.8. The van der Waals surface area contributed by atoms with Crippen LogP contribution in [0, 0.1) is 27.6 Å². The Hall–Kier alpha value is -9.56. The molecule has 7 aliphatic rings. The van der Waals surface area contributed by atoms with Crippen LogP contribution in [0.1, 0.15) is 148 Å². The number of thiazole rings is 1. The molecule has 12 rings (SSSR count). The molecular formula is C76H93N11O18S. The largest absolute Gasteiger partial charge is 0.479 e. The van der Waals surface area contributed by atoms with Crippen molar-refractivity contribution in [2.75, 3.05) is 61.5 Å². The van der Waals surface area contributed by atoms with Crippen molar-refractivity contribution < 1.29 is 88.0 Å². The number of rotatable bonds is 31. The second-order valence-corrected chi connectivity index (χ2v) is 31.3. The third-order valence-electron chi connectivity index (χ3n) is 21.2. The number of hydrogen-bond donors (Lipinski definition) is 12. The van der Waals surface area contributed by atoms with Crippen molar-refractivity contribution in [3.63, 3.8) is 0 Å². The molecule has 9 atom stereocenters. The number of aromatic nitrogens is 2. The zero-order valence-electron chi connectivity index (χ0n) is 60.1. The molecule has 5 aromatic rings. The number of anilines is 3. The zero-order valence-corrected chi connectivity index (χ0v) is 61.0. The van der Waals surface area contributed by atoms with Gasteiger partial charge in [0.25, 0.3) is 17.7 Å². The zero-order chi connectivity index (χ0) is 76.2. The molecule has 0 radical (unpaired) electrons. The van der Waals surface area contributed by atoms with E-state index in [1.54, 1.807) is 50.2 Å². The van der Waals surface area contributed by atoms with Gasteiger partial charge in [-0.05, 0) is 165 Å². The Kier molecular flexibility index (Phi) is 23.6. The minimum absolute atomic E-state index is 0.00490. The number of ether oxygens (including phenoxy) is 3. The van der Waals surface area contributed by atoms with Gasteiger partial charge in [0, 0.05) is 85.6 Å². The van der Waals surface area contributed by atoms with Crippen molar-refractivity contribution in [1.29, 1.82) is 5.41 Å². The minimum Gasteiger partial charge on any atom is -0.479 e. The number of nitrogens with one attached hydrogen (secondary N) is 6. The molecule has 3 aromatic carbocycles.